The lowest BCUT2D eigenvalue weighted by Crippen LogP contribution is -2.46. The van der Waals surface area contributed by atoms with Crippen molar-refractivity contribution in [2.75, 3.05) is 18.8 Å². The molecule has 6 heteroatoms. The Hall–Kier alpha value is -0.620. The molecule has 1 aliphatic rings. The molecule has 0 saturated carbocycles. The summed E-state index contributed by atoms with van der Waals surface area (Å²) in [4.78, 5) is 0. The van der Waals surface area contributed by atoms with E-state index in [9.17, 15) is 8.42 Å². The number of aryl methyl sites for hydroxylation is 1. The van der Waals surface area contributed by atoms with Crippen LogP contribution in [0, 0.1) is 0 Å². The maximum absolute atomic E-state index is 12.2. The van der Waals surface area contributed by atoms with Gasteiger partial charge in [-0.1, -0.05) is 30.3 Å². The summed E-state index contributed by atoms with van der Waals surface area (Å²) in [5.41, 5.74) is 6.88. The van der Waals surface area contributed by atoms with Crippen LogP contribution in [0.4, 0.5) is 0 Å². The van der Waals surface area contributed by atoms with Crippen molar-refractivity contribution in [2.45, 2.75) is 25.3 Å². The molecule has 2 N–H and O–H groups in total. The standard InChI is InChI=1S/C13H20N2O2S.ClH/c14-13-7-4-9-15(11-13)18(16,17)10-8-12-5-2-1-3-6-12;/h1-3,5-6,13H,4,7-11,14H2;1H/t13-;/m1./s1. The van der Waals surface area contributed by atoms with E-state index in [1.54, 1.807) is 4.31 Å². The van der Waals surface area contributed by atoms with Gasteiger partial charge in [0, 0.05) is 19.1 Å². The zero-order chi connectivity index (χ0) is 13.0. The van der Waals surface area contributed by atoms with Crippen molar-refractivity contribution >= 4 is 22.4 Å². The number of nitrogens with two attached hydrogens (primary N) is 1. The number of rotatable bonds is 4. The van der Waals surface area contributed by atoms with Gasteiger partial charge in [-0.3, -0.25) is 0 Å². The maximum atomic E-state index is 12.2. The van der Waals surface area contributed by atoms with Crippen LogP contribution in [0.25, 0.3) is 0 Å². The van der Waals surface area contributed by atoms with Crippen molar-refractivity contribution in [2.24, 2.45) is 5.73 Å². The molecule has 108 valence electrons. The first kappa shape index (κ1) is 16.4. The van der Waals surface area contributed by atoms with Crippen LogP contribution < -0.4 is 5.73 Å². The Labute approximate surface area is 121 Å². The zero-order valence-corrected chi connectivity index (χ0v) is 12.5. The fourth-order valence-corrected chi connectivity index (χ4v) is 3.82. The molecule has 2 rings (SSSR count). The summed E-state index contributed by atoms with van der Waals surface area (Å²) in [6.07, 6.45) is 2.35. The second-order valence-corrected chi connectivity index (χ2v) is 6.90. The average Bonchev–Trinajstić information content (AvgIpc) is 2.38. The van der Waals surface area contributed by atoms with Crippen LogP contribution >= 0.6 is 12.4 Å². The van der Waals surface area contributed by atoms with E-state index < -0.39 is 10.0 Å². The first-order valence-corrected chi connectivity index (χ1v) is 7.96. The third-order valence-electron chi connectivity index (χ3n) is 3.31. The topological polar surface area (TPSA) is 63.4 Å². The van der Waals surface area contributed by atoms with Crippen molar-refractivity contribution in [3.8, 4) is 0 Å². The second kappa shape index (κ2) is 7.24. The molecule has 0 spiro atoms. The quantitative estimate of drug-likeness (QED) is 0.914. The van der Waals surface area contributed by atoms with Crippen molar-refractivity contribution in [3.63, 3.8) is 0 Å². The smallest absolute Gasteiger partial charge is 0.214 e. The van der Waals surface area contributed by atoms with E-state index in [1.807, 2.05) is 30.3 Å². The molecule has 1 heterocycles. The molecule has 1 aromatic rings. The molecule has 0 radical (unpaired) electrons. The minimum absolute atomic E-state index is 0. The Bertz CT molecular complexity index is 479. The third-order valence-corrected chi connectivity index (χ3v) is 5.14. The highest BCUT2D eigenvalue weighted by Crippen LogP contribution is 2.14. The van der Waals surface area contributed by atoms with Crippen molar-refractivity contribution in [1.82, 2.24) is 4.31 Å². The Balaban J connectivity index is 0.00000180. The molecule has 1 atom stereocenters. The van der Waals surface area contributed by atoms with E-state index in [0.717, 1.165) is 18.4 Å². The summed E-state index contributed by atoms with van der Waals surface area (Å²) in [5, 5.41) is 0. The first-order chi connectivity index (χ1) is 8.58. The van der Waals surface area contributed by atoms with Crippen LogP contribution in [0.3, 0.4) is 0 Å². The van der Waals surface area contributed by atoms with Gasteiger partial charge in [-0.2, -0.15) is 0 Å². The number of halogens is 1. The molecule has 0 amide bonds. The normalized spacial score (nSPS) is 20.8. The minimum atomic E-state index is -3.16. The Kier molecular flexibility index (Phi) is 6.26. The Morgan fingerprint density at radius 2 is 1.95 bits per heavy atom. The van der Waals surface area contributed by atoms with Crippen LogP contribution in [0.1, 0.15) is 18.4 Å². The number of hydrogen-bond donors (Lipinski definition) is 1. The molecular weight excluding hydrogens is 284 g/mol. The van der Waals surface area contributed by atoms with E-state index in [4.69, 9.17) is 5.73 Å². The molecule has 0 aromatic heterocycles. The van der Waals surface area contributed by atoms with Crippen LogP contribution in [0.15, 0.2) is 30.3 Å². The zero-order valence-electron chi connectivity index (χ0n) is 10.9. The lowest BCUT2D eigenvalue weighted by atomic mass is 10.1. The summed E-state index contributed by atoms with van der Waals surface area (Å²) in [6.45, 7) is 1.09. The van der Waals surface area contributed by atoms with Gasteiger partial charge >= 0.3 is 0 Å². The van der Waals surface area contributed by atoms with E-state index >= 15 is 0 Å². The molecule has 0 unspecified atom stereocenters. The molecule has 0 aliphatic carbocycles. The summed E-state index contributed by atoms with van der Waals surface area (Å²) in [6, 6.07) is 9.69. The third kappa shape index (κ3) is 4.76. The largest absolute Gasteiger partial charge is 0.327 e. The monoisotopic (exact) mass is 304 g/mol. The summed E-state index contributed by atoms with van der Waals surface area (Å²) >= 11 is 0. The summed E-state index contributed by atoms with van der Waals surface area (Å²) < 4.78 is 25.9. The van der Waals surface area contributed by atoms with E-state index in [-0.39, 0.29) is 24.2 Å². The van der Waals surface area contributed by atoms with Crippen LogP contribution in [0.2, 0.25) is 0 Å². The molecule has 1 fully saturated rings. The molecular formula is C13H21ClN2O2S. The van der Waals surface area contributed by atoms with Gasteiger partial charge in [0.15, 0.2) is 0 Å². The Morgan fingerprint density at radius 3 is 2.58 bits per heavy atom. The van der Waals surface area contributed by atoms with Gasteiger partial charge in [-0.05, 0) is 24.8 Å². The van der Waals surface area contributed by atoms with Gasteiger partial charge in [-0.25, -0.2) is 12.7 Å². The van der Waals surface area contributed by atoms with Gasteiger partial charge in [0.1, 0.15) is 0 Å². The van der Waals surface area contributed by atoms with Crippen molar-refractivity contribution in [1.29, 1.82) is 0 Å². The SMILES string of the molecule is Cl.N[C@@H]1CCCN(S(=O)(=O)CCc2ccccc2)C1. The molecule has 0 bridgehead atoms. The number of piperidine rings is 1. The van der Waals surface area contributed by atoms with E-state index in [0.29, 0.717) is 19.5 Å². The van der Waals surface area contributed by atoms with Crippen LogP contribution in [0.5, 0.6) is 0 Å². The lowest BCUT2D eigenvalue weighted by Gasteiger charge is -2.29. The van der Waals surface area contributed by atoms with E-state index in [1.165, 1.54) is 0 Å². The number of benzene rings is 1. The molecule has 1 aliphatic heterocycles. The highest BCUT2D eigenvalue weighted by atomic mass is 35.5. The van der Waals surface area contributed by atoms with E-state index in [2.05, 4.69) is 0 Å². The van der Waals surface area contributed by atoms with Crippen LogP contribution in [-0.2, 0) is 16.4 Å². The van der Waals surface area contributed by atoms with Gasteiger partial charge < -0.3 is 5.73 Å². The number of nitrogens with zero attached hydrogens (tertiary/aromatic N) is 1. The summed E-state index contributed by atoms with van der Waals surface area (Å²) in [7, 11) is -3.16. The van der Waals surface area contributed by atoms with Gasteiger partial charge in [0.05, 0.1) is 5.75 Å². The first-order valence-electron chi connectivity index (χ1n) is 6.35. The Morgan fingerprint density at radius 1 is 1.26 bits per heavy atom. The van der Waals surface area contributed by atoms with Crippen molar-refractivity contribution < 1.29 is 8.42 Å². The minimum Gasteiger partial charge on any atom is -0.327 e. The predicted molar refractivity (Wildman–Crippen MR) is 80.0 cm³/mol. The molecule has 4 nitrogen and oxygen atoms in total. The second-order valence-electron chi connectivity index (χ2n) is 4.81. The lowest BCUT2D eigenvalue weighted by molar-refractivity contribution is 0.316. The fraction of sp³-hybridized carbons (Fsp3) is 0.538. The van der Waals surface area contributed by atoms with Crippen LogP contribution in [-0.4, -0.2) is 37.6 Å². The maximum Gasteiger partial charge on any atom is 0.214 e. The number of sulfonamides is 1. The molecule has 19 heavy (non-hydrogen) atoms. The number of hydrogen-bond acceptors (Lipinski definition) is 3. The van der Waals surface area contributed by atoms with Gasteiger partial charge in [-0.15, -0.1) is 12.4 Å². The molecule has 1 saturated heterocycles. The fourth-order valence-electron chi connectivity index (χ4n) is 2.25. The highest BCUT2D eigenvalue weighted by molar-refractivity contribution is 7.89. The summed E-state index contributed by atoms with van der Waals surface area (Å²) in [5.74, 6) is 0.170. The van der Waals surface area contributed by atoms with Gasteiger partial charge in [0.2, 0.25) is 10.0 Å². The average molecular weight is 305 g/mol. The van der Waals surface area contributed by atoms with Crippen molar-refractivity contribution in [3.05, 3.63) is 35.9 Å². The highest BCUT2D eigenvalue weighted by Gasteiger charge is 2.26. The molecule has 1 aromatic carbocycles. The van der Waals surface area contributed by atoms with Gasteiger partial charge in [0.25, 0.3) is 0 Å². The predicted octanol–water partition coefficient (Wildman–Crippen LogP) is 1.40.